The van der Waals surface area contributed by atoms with Gasteiger partial charge in [0.25, 0.3) is 0 Å². The van der Waals surface area contributed by atoms with Gasteiger partial charge in [-0.25, -0.2) is 0 Å². The molecule has 0 aromatic carbocycles. The van der Waals surface area contributed by atoms with Gasteiger partial charge in [-0.2, -0.15) is 0 Å². The van der Waals surface area contributed by atoms with Gasteiger partial charge in [0.15, 0.2) is 0 Å². The van der Waals surface area contributed by atoms with Gasteiger partial charge in [0, 0.05) is 0 Å². The molecule has 0 aromatic rings. The summed E-state index contributed by atoms with van der Waals surface area (Å²) in [6.45, 7) is 4.88. The van der Waals surface area contributed by atoms with Gasteiger partial charge in [0.2, 0.25) is 0 Å². The van der Waals surface area contributed by atoms with Crippen molar-refractivity contribution in [2.45, 2.75) is 45.4 Å². The van der Waals surface area contributed by atoms with Crippen molar-refractivity contribution in [3.8, 4) is 0 Å². The monoisotopic (exact) mass is 578 g/mol. The molecular weight excluding hydrogens is 535 g/mol. The fourth-order valence-electron chi connectivity index (χ4n) is 3.76. The van der Waals surface area contributed by atoms with Crippen molar-refractivity contribution in [2.24, 2.45) is 20.6 Å². The second-order valence-electron chi connectivity index (χ2n) is 8.80. The Hall–Kier alpha value is -0.745. The van der Waals surface area contributed by atoms with Gasteiger partial charge in [-0.15, -0.1) is 0 Å². The summed E-state index contributed by atoms with van der Waals surface area (Å²) in [6.07, 6.45) is 7.68. The zero-order valence-corrected chi connectivity index (χ0v) is 25.7. The van der Waals surface area contributed by atoms with Gasteiger partial charge in [0.1, 0.15) is 0 Å². The number of carbonyl (C=O) groups is 3. The van der Waals surface area contributed by atoms with E-state index < -0.39 is 0 Å². The van der Waals surface area contributed by atoms with E-state index in [2.05, 4.69) is 21.6 Å². The summed E-state index contributed by atoms with van der Waals surface area (Å²) in [7, 11) is 15.6. The Morgan fingerprint density at radius 2 is 1.18 bits per heavy atom. The van der Waals surface area contributed by atoms with Crippen LogP contribution in [0.3, 0.4) is 0 Å². The average molecular weight is 578 g/mol. The van der Waals surface area contributed by atoms with Crippen molar-refractivity contribution in [3.05, 3.63) is 0 Å². The van der Waals surface area contributed by atoms with Crippen molar-refractivity contribution < 1.29 is 14.4 Å². The van der Waals surface area contributed by atoms with Gasteiger partial charge < -0.3 is 0 Å². The van der Waals surface area contributed by atoms with E-state index in [9.17, 15) is 14.4 Å². The van der Waals surface area contributed by atoms with E-state index in [1.807, 2.05) is 16.1 Å². The van der Waals surface area contributed by atoms with Crippen LogP contribution in [0.4, 0.5) is 0 Å². The van der Waals surface area contributed by atoms with Crippen LogP contribution in [0.1, 0.15) is 45.4 Å². The van der Waals surface area contributed by atoms with Crippen LogP contribution in [-0.2, 0) is 14.4 Å². The van der Waals surface area contributed by atoms with Crippen LogP contribution in [0.25, 0.3) is 0 Å². The molecule has 8 nitrogen and oxygen atoms in total. The van der Waals surface area contributed by atoms with Crippen LogP contribution in [0, 0.1) is 5.92 Å². The number of Topliss-reactive ketones (excluding diaryl/α,β-unsaturated/α-hetero) is 1. The molecule has 0 aliphatic heterocycles. The molecule has 1 unspecified atom stereocenters. The maximum absolute atomic E-state index is 12.4. The molecule has 0 aromatic heterocycles. The second kappa shape index (κ2) is 26.5. The van der Waals surface area contributed by atoms with Gasteiger partial charge in [-0.3, -0.25) is 0 Å². The Balaban J connectivity index is 4.37. The van der Waals surface area contributed by atoms with Gasteiger partial charge in [-0.1, -0.05) is 0 Å². The van der Waals surface area contributed by atoms with Crippen molar-refractivity contribution in [1.82, 2.24) is 9.80 Å². The number of hydrogen-bond donors (Lipinski definition) is 0. The van der Waals surface area contributed by atoms with Gasteiger partial charge in [-0.05, 0) is 0 Å². The summed E-state index contributed by atoms with van der Waals surface area (Å²) in [4.78, 5) is 50.9. The van der Waals surface area contributed by atoms with E-state index in [1.165, 1.54) is 0 Å². The molecule has 0 saturated heterocycles. The Morgan fingerprint density at radius 1 is 0.684 bits per heavy atom. The zero-order chi connectivity index (χ0) is 28.4. The standard InChI is InChI=1S/C24H43B3N5O3S3/c1-3-4-7-21(22(33)18-28-25)8-5-13-37-16-11-31(23(34)19-29-26)9-6-14-38-17-12-32(10-15-36-2)24(35)20-30-27/h21H,3-20H2,1-2H3. The van der Waals surface area contributed by atoms with Crippen molar-refractivity contribution in [1.29, 1.82) is 0 Å². The minimum atomic E-state index is -0.0618. The number of amides is 2. The first-order valence-corrected chi connectivity index (χ1v) is 17.0. The summed E-state index contributed by atoms with van der Waals surface area (Å²) in [5.74, 6) is 4.44. The zero-order valence-electron chi connectivity index (χ0n) is 23.2. The van der Waals surface area contributed by atoms with Crippen LogP contribution < -0.4 is 0 Å². The first-order valence-electron chi connectivity index (χ1n) is 13.3. The summed E-state index contributed by atoms with van der Waals surface area (Å²) in [6, 6.07) is 0. The Labute approximate surface area is 246 Å². The summed E-state index contributed by atoms with van der Waals surface area (Å²) >= 11 is 5.27. The quantitative estimate of drug-likeness (QED) is 0.110. The molecule has 0 N–H and O–H groups in total. The molecule has 14 heteroatoms. The molecule has 0 heterocycles. The number of hydrogen-bond acceptors (Lipinski definition) is 9. The SMILES string of the molecule is [B]=NCC(=O)C(CCCC)CCCSCCN(CCCSCCN(CCSC)C(=O)CN=[B])C(=O)CN=[B]. The van der Waals surface area contributed by atoms with Crippen molar-refractivity contribution >= 4 is 75.8 Å². The van der Waals surface area contributed by atoms with Gasteiger partial charge in [0.05, 0.1) is 0 Å². The third-order valence-corrected chi connectivity index (χ3v) is 8.59. The number of ketones is 1. The summed E-state index contributed by atoms with van der Waals surface area (Å²) < 4.78 is 0. The summed E-state index contributed by atoms with van der Waals surface area (Å²) in [5, 5.41) is 0. The molecule has 0 saturated carbocycles. The van der Waals surface area contributed by atoms with E-state index in [-0.39, 0.29) is 43.1 Å². The van der Waals surface area contributed by atoms with Crippen molar-refractivity contribution in [2.75, 3.05) is 80.8 Å². The van der Waals surface area contributed by atoms with E-state index >= 15 is 0 Å². The van der Waals surface area contributed by atoms with Crippen LogP contribution in [0.15, 0.2) is 14.7 Å². The number of unbranched alkanes of at least 4 members (excludes halogenated alkanes) is 1. The average Bonchev–Trinajstić information content (AvgIpc) is 2.90. The third-order valence-electron chi connectivity index (χ3n) is 5.90. The molecule has 0 aliphatic rings. The predicted molar refractivity (Wildman–Crippen MR) is 167 cm³/mol. The predicted octanol–water partition coefficient (Wildman–Crippen LogP) is 3.08. The third kappa shape index (κ3) is 19.3. The fraction of sp³-hybridized carbons (Fsp3) is 0.875. The molecule has 0 fully saturated rings. The van der Waals surface area contributed by atoms with Crippen molar-refractivity contribution in [3.63, 3.8) is 0 Å². The maximum atomic E-state index is 12.4. The topological polar surface area (TPSA) is 94.8 Å². The van der Waals surface area contributed by atoms with Crippen LogP contribution in [-0.4, -0.2) is 131 Å². The number of nitrogens with zero attached hydrogens (tertiary/aromatic N) is 5. The van der Waals surface area contributed by atoms with E-state index in [0.717, 1.165) is 67.3 Å². The Morgan fingerprint density at radius 3 is 1.71 bits per heavy atom. The first kappa shape index (κ1) is 37.3. The molecule has 3 radical (unpaired) electrons. The molecule has 1 atom stereocenters. The number of thioether (sulfide) groups is 3. The Kier molecular flexibility index (Phi) is 26.0. The molecule has 0 bridgehead atoms. The summed E-state index contributed by atoms with van der Waals surface area (Å²) in [5.41, 5.74) is 0. The van der Waals surface area contributed by atoms with Crippen LogP contribution in [0.2, 0.25) is 0 Å². The molecular formula is C24H43B3N5O3S3. The molecule has 209 valence electrons. The minimum absolute atomic E-state index is 0.00999. The Bertz CT molecular complexity index is 664. The molecule has 38 heavy (non-hydrogen) atoms. The normalized spacial score (nSPS) is 11.4. The fourth-order valence-corrected chi connectivity index (χ4v) is 5.97. The number of rotatable bonds is 27. The first-order chi connectivity index (χ1) is 18.4. The molecule has 0 rings (SSSR count). The van der Waals surface area contributed by atoms with E-state index in [1.54, 1.807) is 35.3 Å². The van der Waals surface area contributed by atoms with Crippen LogP contribution >= 0.6 is 35.3 Å². The second-order valence-corrected chi connectivity index (χ2v) is 12.2. The van der Waals surface area contributed by atoms with E-state index in [0.29, 0.717) is 26.2 Å². The molecule has 0 aliphatic carbocycles. The molecule has 2 amide bonds. The molecule has 0 spiro atoms. The van der Waals surface area contributed by atoms with E-state index in [4.69, 9.17) is 22.9 Å². The van der Waals surface area contributed by atoms with Crippen LogP contribution in [0.5, 0.6) is 0 Å². The number of carbonyl (C=O) groups excluding carboxylic acids is 3. The van der Waals surface area contributed by atoms with Gasteiger partial charge >= 0.3 is 247 Å².